The lowest BCUT2D eigenvalue weighted by Crippen LogP contribution is -2.29. The third kappa shape index (κ3) is 5.29. The van der Waals surface area contributed by atoms with Crippen molar-refractivity contribution in [1.82, 2.24) is 4.67 Å². The monoisotopic (exact) mass is 262 g/mol. The molecule has 84 valence electrons. The van der Waals surface area contributed by atoms with Crippen molar-refractivity contribution >= 4 is 37.2 Å². The second-order valence-corrected chi connectivity index (χ2v) is 5.07. The number of halogens is 2. The Morgan fingerprint density at radius 3 is 2.21 bits per heavy atom. The second kappa shape index (κ2) is 7.63. The van der Waals surface area contributed by atoms with Crippen LogP contribution in [0.2, 0.25) is 0 Å². The van der Waals surface area contributed by atoms with Gasteiger partial charge in [-0.2, -0.15) is 0 Å². The van der Waals surface area contributed by atoms with Crippen LogP contribution in [-0.2, 0) is 13.9 Å². The maximum atomic E-state index is 11.7. The quantitative estimate of drug-likeness (QED) is 0.402. The van der Waals surface area contributed by atoms with Gasteiger partial charge in [0, 0.05) is 24.8 Å². The summed E-state index contributed by atoms with van der Waals surface area (Å²) in [5.74, 6) is 0.533. The summed E-state index contributed by atoms with van der Waals surface area (Å²) in [6.45, 7) is 0.316. The van der Waals surface area contributed by atoms with Crippen LogP contribution in [0.4, 0.5) is 0 Å². The highest BCUT2D eigenvalue weighted by atomic mass is 35.5. The first kappa shape index (κ1) is 14.4. The molecule has 0 amide bonds. The van der Waals surface area contributed by atoms with Crippen LogP contribution < -0.4 is 5.50 Å². The molecule has 5 nitrogen and oxygen atoms in total. The summed E-state index contributed by atoms with van der Waals surface area (Å²) >= 11 is 11.0. The van der Waals surface area contributed by atoms with Gasteiger partial charge in [0.2, 0.25) is 0 Å². The maximum absolute atomic E-state index is 11.7. The molecule has 0 bridgehead atoms. The van der Waals surface area contributed by atoms with Crippen molar-refractivity contribution in [2.75, 3.05) is 31.5 Å². The lowest BCUT2D eigenvalue weighted by molar-refractivity contribution is -0.109. The van der Waals surface area contributed by atoms with E-state index in [0.29, 0.717) is 19.4 Å². The molecule has 0 aliphatic carbocycles. The summed E-state index contributed by atoms with van der Waals surface area (Å²) in [5, 5.41) is 0. The van der Waals surface area contributed by atoms with E-state index in [-0.39, 0.29) is 18.4 Å². The molecule has 1 unspecified atom stereocenters. The van der Waals surface area contributed by atoms with Crippen LogP contribution >= 0.6 is 30.9 Å². The Balaban J connectivity index is 4.28. The fourth-order valence-corrected chi connectivity index (χ4v) is 2.64. The van der Waals surface area contributed by atoms with Gasteiger partial charge < -0.3 is 4.79 Å². The number of nitrogens with zero attached hydrogens (tertiary/aromatic N) is 1. The van der Waals surface area contributed by atoms with Crippen molar-refractivity contribution in [3.8, 4) is 0 Å². The molecular weight excluding hydrogens is 250 g/mol. The molecule has 0 aliphatic rings. The Morgan fingerprint density at radius 2 is 1.86 bits per heavy atom. The minimum absolute atomic E-state index is 0.266. The van der Waals surface area contributed by atoms with Crippen LogP contribution in [0, 0.1) is 0 Å². The van der Waals surface area contributed by atoms with Crippen molar-refractivity contribution in [3.05, 3.63) is 0 Å². The fraction of sp³-hybridized carbons (Fsp3) is 0.833. The Hall–Kier alpha value is 0.360. The number of rotatable bonds is 8. The van der Waals surface area contributed by atoms with E-state index in [2.05, 4.69) is 0 Å². The lowest BCUT2D eigenvalue weighted by atomic mass is 10.6. The molecule has 0 radical (unpaired) electrons. The SMILES string of the molecule is NP(=O)(OCC=O)N(CCCl)CCCl. The average Bonchev–Trinajstić information content (AvgIpc) is 2.14. The van der Waals surface area contributed by atoms with E-state index >= 15 is 0 Å². The molecule has 0 aliphatic heterocycles. The first-order valence-electron chi connectivity index (χ1n) is 3.92. The summed E-state index contributed by atoms with van der Waals surface area (Å²) in [6.07, 6.45) is 0.485. The number of hydrogen-bond donors (Lipinski definition) is 1. The molecular formula is C6H13Cl2N2O3P. The largest absolute Gasteiger partial charge is 0.341 e. The van der Waals surface area contributed by atoms with E-state index < -0.39 is 7.67 Å². The fourth-order valence-electron chi connectivity index (χ4n) is 0.805. The molecule has 0 saturated carbocycles. The molecule has 0 aromatic rings. The van der Waals surface area contributed by atoms with Crippen LogP contribution in [0.5, 0.6) is 0 Å². The van der Waals surface area contributed by atoms with Gasteiger partial charge in [0.1, 0.15) is 12.9 Å². The van der Waals surface area contributed by atoms with E-state index in [1.165, 1.54) is 4.67 Å². The molecule has 0 aromatic heterocycles. The zero-order valence-corrected chi connectivity index (χ0v) is 9.97. The molecule has 0 heterocycles. The van der Waals surface area contributed by atoms with Crippen LogP contribution in [0.3, 0.4) is 0 Å². The molecule has 0 rings (SSSR count). The zero-order chi connectivity index (χ0) is 11.0. The minimum Gasteiger partial charge on any atom is -0.301 e. The summed E-state index contributed by atoms with van der Waals surface area (Å²) in [6, 6.07) is 0. The molecule has 1 atom stereocenters. The molecule has 0 aromatic carbocycles. The maximum Gasteiger partial charge on any atom is 0.341 e. The molecule has 14 heavy (non-hydrogen) atoms. The average molecular weight is 263 g/mol. The van der Waals surface area contributed by atoms with Crippen molar-refractivity contribution < 1.29 is 13.9 Å². The minimum atomic E-state index is -3.42. The molecule has 0 spiro atoms. The first-order valence-corrected chi connectivity index (χ1v) is 6.64. The van der Waals surface area contributed by atoms with Gasteiger partial charge in [0.25, 0.3) is 0 Å². The summed E-state index contributed by atoms with van der Waals surface area (Å²) in [4.78, 5) is 10.0. The lowest BCUT2D eigenvalue weighted by Gasteiger charge is -2.25. The van der Waals surface area contributed by atoms with E-state index in [1.54, 1.807) is 0 Å². The van der Waals surface area contributed by atoms with Crippen molar-refractivity contribution in [2.24, 2.45) is 5.50 Å². The highest BCUT2D eigenvalue weighted by Gasteiger charge is 2.26. The number of carbonyl (C=O) groups excluding carboxylic acids is 1. The summed E-state index contributed by atoms with van der Waals surface area (Å²) in [7, 11) is -3.42. The Bertz CT molecular complexity index is 211. The predicted molar refractivity (Wildman–Crippen MR) is 56.8 cm³/mol. The van der Waals surface area contributed by atoms with Gasteiger partial charge in [-0.25, -0.2) is 10.2 Å². The topological polar surface area (TPSA) is 72.6 Å². The van der Waals surface area contributed by atoms with Crippen LogP contribution in [0.25, 0.3) is 0 Å². The van der Waals surface area contributed by atoms with E-state index in [1.807, 2.05) is 0 Å². The van der Waals surface area contributed by atoms with Crippen LogP contribution in [0.15, 0.2) is 0 Å². The van der Waals surface area contributed by atoms with Crippen LogP contribution in [0.1, 0.15) is 0 Å². The summed E-state index contributed by atoms with van der Waals surface area (Å²) < 4.78 is 17.7. The normalized spacial score (nSPS) is 15.4. The third-order valence-corrected chi connectivity index (χ3v) is 3.45. The van der Waals surface area contributed by atoms with Gasteiger partial charge in [0.15, 0.2) is 0 Å². The number of nitrogens with two attached hydrogens (primary N) is 1. The standard InChI is InChI=1S/C6H13Cl2N2O3P/c7-1-3-10(4-2-8)14(9,12)13-6-5-11/h5H,1-4,6H2,(H2,9,12). The molecule has 8 heteroatoms. The predicted octanol–water partition coefficient (Wildman–Crippen LogP) is 1.05. The Morgan fingerprint density at radius 1 is 1.36 bits per heavy atom. The first-order chi connectivity index (χ1) is 6.58. The van der Waals surface area contributed by atoms with Gasteiger partial charge in [-0.3, -0.25) is 9.09 Å². The third-order valence-electron chi connectivity index (χ3n) is 1.41. The highest BCUT2D eigenvalue weighted by molar-refractivity contribution is 7.53. The molecule has 0 saturated heterocycles. The zero-order valence-electron chi connectivity index (χ0n) is 7.57. The summed E-state index contributed by atoms with van der Waals surface area (Å²) in [5.41, 5.74) is 5.40. The number of hydrogen-bond acceptors (Lipinski definition) is 3. The van der Waals surface area contributed by atoms with Gasteiger partial charge in [-0.05, 0) is 0 Å². The highest BCUT2D eigenvalue weighted by Crippen LogP contribution is 2.41. The molecule has 0 fully saturated rings. The van der Waals surface area contributed by atoms with Crippen LogP contribution in [-0.4, -0.2) is 42.4 Å². The number of alkyl halides is 2. The smallest absolute Gasteiger partial charge is 0.301 e. The van der Waals surface area contributed by atoms with Gasteiger partial charge in [-0.15, -0.1) is 23.2 Å². The molecule has 2 N–H and O–H groups in total. The van der Waals surface area contributed by atoms with Crippen molar-refractivity contribution in [2.45, 2.75) is 0 Å². The van der Waals surface area contributed by atoms with Crippen molar-refractivity contribution in [3.63, 3.8) is 0 Å². The van der Waals surface area contributed by atoms with Gasteiger partial charge in [0.05, 0.1) is 0 Å². The van der Waals surface area contributed by atoms with Gasteiger partial charge >= 0.3 is 7.67 Å². The Kier molecular flexibility index (Phi) is 7.82. The van der Waals surface area contributed by atoms with E-state index in [0.717, 1.165) is 0 Å². The second-order valence-electron chi connectivity index (χ2n) is 2.36. The van der Waals surface area contributed by atoms with Gasteiger partial charge in [-0.1, -0.05) is 0 Å². The number of aldehydes is 1. The Labute approximate surface area is 93.0 Å². The van der Waals surface area contributed by atoms with E-state index in [4.69, 9.17) is 33.2 Å². The van der Waals surface area contributed by atoms with E-state index in [9.17, 15) is 9.36 Å². The van der Waals surface area contributed by atoms with Crippen molar-refractivity contribution in [1.29, 1.82) is 0 Å². The number of carbonyl (C=O) groups is 1.